The molecule has 2 aromatic rings. The van der Waals surface area contributed by atoms with Gasteiger partial charge in [0.1, 0.15) is 54.5 Å². The number of anilines is 1. The zero-order valence-corrected chi connectivity index (χ0v) is 22.0. The van der Waals surface area contributed by atoms with Crippen molar-refractivity contribution < 1.29 is 54.0 Å². The van der Waals surface area contributed by atoms with Crippen LogP contribution >= 0.6 is 0 Å². The highest BCUT2D eigenvalue weighted by atomic mass is 16.7. The van der Waals surface area contributed by atoms with E-state index < -0.39 is 80.5 Å². The number of aromatic nitrogens is 6. The maximum Gasteiger partial charge on any atom is 0.272 e. The van der Waals surface area contributed by atoms with E-state index in [1.807, 2.05) is 0 Å². The Morgan fingerprint density at radius 1 is 1.15 bits per heavy atom. The molecule has 10 atom stereocenters. The number of nitrogens with two attached hydrogens (primary N) is 1. The standard InChI is InChI=1S/C22H34N8O11/c1-3-4-37-19-13(24-9(2)33)15(35)17(12(7-32)40-19)41-20-16(36)18(14(34)11(6-31)39-20)38-8-10-5-30(29-26-10)22-25-21(23)27-28-22/h3,5,11-20,31-32,34-36H,1,4,6-8H2,2H3,(H,24,33)(H3,23,25,27,28)/t11-,12-,13-,14+,15-,16-,17-,18+,19-,20+/m1/s1. The smallest absolute Gasteiger partial charge is 0.272 e. The molecule has 2 aliphatic heterocycles. The lowest BCUT2D eigenvalue weighted by Gasteiger charge is -2.47. The van der Waals surface area contributed by atoms with Crippen LogP contribution in [0.2, 0.25) is 0 Å². The van der Waals surface area contributed by atoms with Crippen molar-refractivity contribution in [2.24, 2.45) is 0 Å². The Hall–Kier alpha value is -3.11. The predicted octanol–water partition coefficient (Wildman–Crippen LogP) is -4.54. The van der Waals surface area contributed by atoms with Gasteiger partial charge in [0.2, 0.25) is 11.9 Å². The van der Waals surface area contributed by atoms with Crippen LogP contribution in [0.5, 0.6) is 0 Å². The SMILES string of the molecule is C=CCO[C@@H]1O[C@H](CO)[C@@H](O[C@@H]2O[C@H](CO)[C@H](O)[C@H](OCc3cn(-c4n[nH]c(N)n4)nn3)[C@H]2O)[C@H](O)[C@H]1NC(C)=O. The van der Waals surface area contributed by atoms with E-state index in [1.54, 1.807) is 0 Å². The van der Waals surface area contributed by atoms with Crippen molar-refractivity contribution in [3.63, 3.8) is 0 Å². The lowest BCUT2D eigenvalue weighted by Crippen LogP contribution is -2.67. The monoisotopic (exact) mass is 586 g/mol. The van der Waals surface area contributed by atoms with Gasteiger partial charge in [-0.05, 0) is 0 Å². The van der Waals surface area contributed by atoms with Gasteiger partial charge < -0.3 is 60.3 Å². The second kappa shape index (κ2) is 13.7. The average molecular weight is 587 g/mol. The number of nitrogens with one attached hydrogen (secondary N) is 2. The van der Waals surface area contributed by atoms with Gasteiger partial charge in [0.05, 0.1) is 32.6 Å². The van der Waals surface area contributed by atoms with Crippen LogP contribution in [-0.4, -0.2) is 143 Å². The zero-order chi connectivity index (χ0) is 29.7. The third-order valence-corrected chi connectivity index (χ3v) is 6.37. The largest absolute Gasteiger partial charge is 0.394 e. The lowest BCUT2D eigenvalue weighted by atomic mass is 9.95. The Morgan fingerprint density at radius 2 is 1.88 bits per heavy atom. The molecule has 0 spiro atoms. The van der Waals surface area contributed by atoms with Gasteiger partial charge in [-0.3, -0.25) is 4.79 Å². The molecule has 0 saturated carbocycles. The van der Waals surface area contributed by atoms with Crippen molar-refractivity contribution in [3.8, 4) is 5.95 Å². The number of hydrogen-bond donors (Lipinski definition) is 8. The summed E-state index contributed by atoms with van der Waals surface area (Å²) in [5.41, 5.74) is 5.79. The van der Waals surface area contributed by atoms with Crippen LogP contribution in [0.15, 0.2) is 18.9 Å². The summed E-state index contributed by atoms with van der Waals surface area (Å²) in [5.74, 6) is -0.300. The van der Waals surface area contributed by atoms with Crippen LogP contribution in [-0.2, 0) is 35.1 Å². The van der Waals surface area contributed by atoms with Gasteiger partial charge in [-0.25, -0.2) is 5.10 Å². The molecule has 228 valence electrons. The summed E-state index contributed by atoms with van der Waals surface area (Å²) in [4.78, 5) is 15.7. The van der Waals surface area contributed by atoms with Crippen molar-refractivity contribution in [3.05, 3.63) is 24.5 Å². The zero-order valence-electron chi connectivity index (χ0n) is 22.0. The molecule has 2 saturated heterocycles. The summed E-state index contributed by atoms with van der Waals surface area (Å²) >= 11 is 0. The first-order chi connectivity index (χ1) is 19.7. The Bertz CT molecular complexity index is 1150. The maximum atomic E-state index is 11.8. The van der Waals surface area contributed by atoms with E-state index in [0.29, 0.717) is 0 Å². The molecule has 4 rings (SSSR count). The lowest BCUT2D eigenvalue weighted by molar-refractivity contribution is -0.351. The summed E-state index contributed by atoms with van der Waals surface area (Å²) in [5, 5.41) is 69.2. The van der Waals surface area contributed by atoms with E-state index in [4.69, 9.17) is 29.4 Å². The topological polar surface area (TPSA) is 275 Å². The van der Waals surface area contributed by atoms with Gasteiger partial charge in [0.15, 0.2) is 12.6 Å². The van der Waals surface area contributed by atoms with Crippen LogP contribution in [0.3, 0.4) is 0 Å². The van der Waals surface area contributed by atoms with Crippen LogP contribution in [0, 0.1) is 0 Å². The number of amides is 1. The highest BCUT2D eigenvalue weighted by Crippen LogP contribution is 2.31. The van der Waals surface area contributed by atoms with E-state index in [0.717, 1.165) is 0 Å². The van der Waals surface area contributed by atoms with Gasteiger partial charge in [0.25, 0.3) is 5.95 Å². The number of nitrogen functional groups attached to an aromatic ring is 1. The summed E-state index contributed by atoms with van der Waals surface area (Å²) in [7, 11) is 0. The molecule has 4 heterocycles. The Balaban J connectivity index is 1.48. The number of rotatable bonds is 12. The van der Waals surface area contributed by atoms with E-state index >= 15 is 0 Å². The average Bonchev–Trinajstić information content (AvgIpc) is 3.60. The van der Waals surface area contributed by atoms with Crippen LogP contribution in [0.4, 0.5) is 5.95 Å². The predicted molar refractivity (Wildman–Crippen MR) is 132 cm³/mol. The van der Waals surface area contributed by atoms with Crippen molar-refractivity contribution in [1.82, 2.24) is 35.5 Å². The van der Waals surface area contributed by atoms with Crippen LogP contribution in [0.25, 0.3) is 5.95 Å². The maximum absolute atomic E-state index is 11.8. The number of aliphatic hydroxyl groups excluding tert-OH is 5. The number of aromatic amines is 1. The minimum Gasteiger partial charge on any atom is -0.394 e. The van der Waals surface area contributed by atoms with Crippen molar-refractivity contribution in [2.45, 2.75) is 74.9 Å². The summed E-state index contributed by atoms with van der Waals surface area (Å²) in [6.45, 7) is 3.25. The fourth-order valence-corrected chi connectivity index (χ4v) is 4.46. The molecule has 19 heteroatoms. The highest BCUT2D eigenvalue weighted by Gasteiger charge is 2.51. The summed E-state index contributed by atoms with van der Waals surface area (Å²) in [6.07, 6.45) is -9.68. The number of aliphatic hydroxyl groups is 5. The fraction of sp³-hybridized carbons (Fsp3) is 0.682. The molecule has 0 aromatic carbocycles. The molecule has 0 unspecified atom stereocenters. The fourth-order valence-electron chi connectivity index (χ4n) is 4.46. The van der Waals surface area contributed by atoms with Gasteiger partial charge in [-0.15, -0.1) is 16.8 Å². The number of nitrogens with zero attached hydrogens (tertiary/aromatic N) is 5. The van der Waals surface area contributed by atoms with Gasteiger partial charge in [0, 0.05) is 6.92 Å². The summed E-state index contributed by atoms with van der Waals surface area (Å²) in [6, 6.07) is -1.13. The molecule has 0 radical (unpaired) electrons. The molecule has 2 aliphatic rings. The molecular weight excluding hydrogens is 552 g/mol. The first-order valence-corrected chi connectivity index (χ1v) is 12.6. The Morgan fingerprint density at radius 3 is 2.51 bits per heavy atom. The highest BCUT2D eigenvalue weighted by molar-refractivity contribution is 5.73. The molecule has 1 amide bonds. The number of hydrogen-bond acceptors (Lipinski definition) is 16. The number of carbonyl (C=O) groups is 1. The molecule has 9 N–H and O–H groups in total. The molecule has 41 heavy (non-hydrogen) atoms. The van der Waals surface area contributed by atoms with Gasteiger partial charge in [-0.2, -0.15) is 9.67 Å². The Labute approximate surface area is 232 Å². The quantitative estimate of drug-likeness (QED) is 0.109. The number of H-pyrrole nitrogens is 1. The summed E-state index contributed by atoms with van der Waals surface area (Å²) < 4.78 is 29.6. The van der Waals surface area contributed by atoms with E-state index in [-0.39, 0.29) is 30.8 Å². The minimum atomic E-state index is -1.66. The molecule has 0 bridgehead atoms. The van der Waals surface area contributed by atoms with Gasteiger partial charge >= 0.3 is 0 Å². The third kappa shape index (κ3) is 7.04. The van der Waals surface area contributed by atoms with Crippen molar-refractivity contribution >= 4 is 11.9 Å². The first kappa shape index (κ1) is 30.8. The second-order valence-corrected chi connectivity index (χ2v) is 9.32. The van der Waals surface area contributed by atoms with E-state index in [9.17, 15) is 30.3 Å². The second-order valence-electron chi connectivity index (χ2n) is 9.32. The molecule has 19 nitrogen and oxygen atoms in total. The van der Waals surface area contributed by atoms with Crippen molar-refractivity contribution in [1.29, 1.82) is 0 Å². The van der Waals surface area contributed by atoms with E-state index in [2.05, 4.69) is 37.4 Å². The number of ether oxygens (including phenoxy) is 5. The van der Waals surface area contributed by atoms with Crippen LogP contribution in [0.1, 0.15) is 12.6 Å². The van der Waals surface area contributed by atoms with Gasteiger partial charge in [-0.1, -0.05) is 11.3 Å². The van der Waals surface area contributed by atoms with Crippen molar-refractivity contribution in [2.75, 3.05) is 25.6 Å². The third-order valence-electron chi connectivity index (χ3n) is 6.37. The Kier molecular flexibility index (Phi) is 10.3. The minimum absolute atomic E-state index is 0.0245. The normalized spacial score (nSPS) is 33.9. The van der Waals surface area contributed by atoms with E-state index in [1.165, 1.54) is 23.9 Å². The number of carbonyl (C=O) groups excluding carboxylic acids is 1. The first-order valence-electron chi connectivity index (χ1n) is 12.6. The molecule has 2 fully saturated rings. The molecular formula is C22H34N8O11. The molecule has 0 aliphatic carbocycles. The molecule has 2 aromatic heterocycles. The van der Waals surface area contributed by atoms with Crippen LogP contribution < -0.4 is 11.1 Å².